The summed E-state index contributed by atoms with van der Waals surface area (Å²) in [4.78, 5) is 14.5. The van der Waals surface area contributed by atoms with Crippen LogP contribution in [0.2, 0.25) is 0 Å². The van der Waals surface area contributed by atoms with Crippen molar-refractivity contribution in [1.82, 2.24) is 4.98 Å². The second-order valence-electron chi connectivity index (χ2n) is 4.83. The van der Waals surface area contributed by atoms with Crippen LogP contribution in [0.4, 0.5) is 5.13 Å². The van der Waals surface area contributed by atoms with E-state index in [2.05, 4.69) is 4.98 Å². The minimum atomic E-state index is -4.44. The molecule has 0 atom stereocenters. The van der Waals surface area contributed by atoms with E-state index in [1.807, 2.05) is 0 Å². The molecule has 112 valence electrons. The van der Waals surface area contributed by atoms with Crippen LogP contribution in [0, 0.1) is 5.92 Å². The predicted octanol–water partition coefficient (Wildman–Crippen LogP) is 2.03. The summed E-state index contributed by atoms with van der Waals surface area (Å²) < 4.78 is 33.1. The van der Waals surface area contributed by atoms with E-state index in [-0.39, 0.29) is 23.3 Å². The zero-order chi connectivity index (χ0) is 14.8. The van der Waals surface area contributed by atoms with Crippen LogP contribution in [0.15, 0.2) is 5.38 Å². The van der Waals surface area contributed by atoms with Gasteiger partial charge in [0.1, 0.15) is 0 Å². The van der Waals surface area contributed by atoms with E-state index in [0.717, 1.165) is 47.7 Å². The van der Waals surface area contributed by atoms with E-state index in [4.69, 9.17) is 5.11 Å². The third kappa shape index (κ3) is 3.68. The molecule has 0 bridgehead atoms. The van der Waals surface area contributed by atoms with Gasteiger partial charge in [0.2, 0.25) is 5.13 Å². The zero-order valence-electron chi connectivity index (χ0n) is 10.7. The molecule has 0 amide bonds. The maximum atomic E-state index is 11.5. The molecule has 1 heterocycles. The molecule has 2 N–H and O–H groups in total. The molecule has 1 aromatic heterocycles. The molecule has 0 radical (unpaired) electrons. The average molecular weight is 320 g/mol. The van der Waals surface area contributed by atoms with Gasteiger partial charge in [-0.2, -0.15) is 8.42 Å². The second kappa shape index (κ2) is 6.06. The van der Waals surface area contributed by atoms with Gasteiger partial charge in [-0.25, -0.2) is 14.1 Å². The normalized spacial score (nSPS) is 17.1. The quantitative estimate of drug-likeness (QED) is 0.804. The zero-order valence-corrected chi connectivity index (χ0v) is 12.4. The lowest BCUT2D eigenvalue weighted by Gasteiger charge is -2.26. The number of rotatable bonds is 5. The molecule has 9 heteroatoms. The van der Waals surface area contributed by atoms with E-state index in [0.29, 0.717) is 0 Å². The van der Waals surface area contributed by atoms with Gasteiger partial charge in [0.05, 0.1) is 0 Å². The van der Waals surface area contributed by atoms with Crippen LogP contribution in [-0.4, -0.2) is 35.6 Å². The Bertz CT molecular complexity index is 577. The second-order valence-corrected chi connectivity index (χ2v) is 7.01. The van der Waals surface area contributed by atoms with Crippen molar-refractivity contribution >= 4 is 32.7 Å². The van der Waals surface area contributed by atoms with E-state index in [1.54, 1.807) is 0 Å². The summed E-state index contributed by atoms with van der Waals surface area (Å²) in [5.74, 6) is -1.05. The third-order valence-electron chi connectivity index (χ3n) is 3.35. The van der Waals surface area contributed by atoms with Crippen LogP contribution >= 0.6 is 11.3 Å². The van der Waals surface area contributed by atoms with Crippen molar-refractivity contribution in [3.05, 3.63) is 11.1 Å². The van der Waals surface area contributed by atoms with E-state index < -0.39 is 16.3 Å². The highest BCUT2D eigenvalue weighted by molar-refractivity contribution is 7.87. The predicted molar refractivity (Wildman–Crippen MR) is 74.5 cm³/mol. The van der Waals surface area contributed by atoms with Gasteiger partial charge in [-0.3, -0.25) is 4.55 Å². The lowest BCUT2D eigenvalue weighted by atomic mass is 9.89. The third-order valence-corrected chi connectivity index (χ3v) is 5.21. The fourth-order valence-corrected chi connectivity index (χ4v) is 4.12. The molecule has 0 saturated heterocycles. The van der Waals surface area contributed by atoms with Crippen LogP contribution in [-0.2, 0) is 10.3 Å². The Labute approximate surface area is 121 Å². The molecule has 7 nitrogen and oxygen atoms in total. The molecular weight excluding hydrogens is 304 g/mol. The number of carboxylic acid groups (broad SMARTS) is 1. The highest BCUT2D eigenvalue weighted by Crippen LogP contribution is 2.29. The van der Waals surface area contributed by atoms with Gasteiger partial charge in [0.25, 0.3) is 0 Å². The van der Waals surface area contributed by atoms with Crippen LogP contribution in [0.25, 0.3) is 0 Å². The summed E-state index contributed by atoms with van der Waals surface area (Å²) in [6.45, 7) is 0.144. The van der Waals surface area contributed by atoms with Crippen LogP contribution in [0.3, 0.4) is 0 Å². The van der Waals surface area contributed by atoms with Gasteiger partial charge < -0.3 is 5.11 Å². The molecule has 20 heavy (non-hydrogen) atoms. The minimum absolute atomic E-state index is 0.00419. The Morgan fingerprint density at radius 2 is 2.05 bits per heavy atom. The number of aromatic carboxylic acids is 1. The Morgan fingerprint density at radius 3 is 2.55 bits per heavy atom. The van der Waals surface area contributed by atoms with Gasteiger partial charge in [-0.15, -0.1) is 11.3 Å². The number of carboxylic acids is 1. The number of hydrogen-bond donors (Lipinski definition) is 2. The van der Waals surface area contributed by atoms with Gasteiger partial charge in [0, 0.05) is 11.9 Å². The number of anilines is 1. The highest BCUT2D eigenvalue weighted by atomic mass is 32.2. The van der Waals surface area contributed by atoms with Crippen molar-refractivity contribution in [3.63, 3.8) is 0 Å². The van der Waals surface area contributed by atoms with Crippen molar-refractivity contribution < 1.29 is 22.9 Å². The van der Waals surface area contributed by atoms with Crippen LogP contribution in [0.5, 0.6) is 0 Å². The standard InChI is InChI=1S/C11H16N2O5S2/c14-10(15)9-7-19-11(12-9)13(20(16,17)18)6-8-4-2-1-3-5-8/h7-8H,1-6H2,(H,14,15)(H,16,17,18). The molecule has 0 aliphatic heterocycles. The Morgan fingerprint density at radius 1 is 1.40 bits per heavy atom. The highest BCUT2D eigenvalue weighted by Gasteiger charge is 2.27. The van der Waals surface area contributed by atoms with Gasteiger partial charge >= 0.3 is 16.3 Å². The Kier molecular flexibility index (Phi) is 4.61. The monoisotopic (exact) mass is 320 g/mol. The molecule has 0 unspecified atom stereocenters. The number of aromatic nitrogens is 1. The van der Waals surface area contributed by atoms with E-state index in [9.17, 15) is 17.8 Å². The fourth-order valence-electron chi connectivity index (χ4n) is 2.35. The van der Waals surface area contributed by atoms with Crippen molar-refractivity contribution in [2.75, 3.05) is 10.8 Å². The fraction of sp³-hybridized carbons (Fsp3) is 0.636. The molecule has 0 aromatic carbocycles. The molecule has 1 saturated carbocycles. The maximum Gasteiger partial charge on any atom is 0.361 e. The van der Waals surface area contributed by atoms with Gasteiger partial charge in [0.15, 0.2) is 5.69 Å². The molecule has 1 fully saturated rings. The summed E-state index contributed by atoms with van der Waals surface area (Å²) in [5.41, 5.74) is -0.220. The molecule has 1 aliphatic rings. The maximum absolute atomic E-state index is 11.5. The minimum Gasteiger partial charge on any atom is -0.476 e. The summed E-state index contributed by atoms with van der Waals surface area (Å²) >= 11 is 0.896. The van der Waals surface area contributed by atoms with Crippen LogP contribution < -0.4 is 4.31 Å². The lowest BCUT2D eigenvalue weighted by molar-refractivity contribution is 0.0691. The first-order valence-corrected chi connectivity index (χ1v) is 8.59. The Balaban J connectivity index is 2.20. The van der Waals surface area contributed by atoms with E-state index >= 15 is 0 Å². The molecule has 2 rings (SSSR count). The summed E-state index contributed by atoms with van der Waals surface area (Å²) in [6, 6.07) is 0. The van der Waals surface area contributed by atoms with Crippen molar-refractivity contribution in [1.29, 1.82) is 0 Å². The average Bonchev–Trinajstić information content (AvgIpc) is 2.85. The SMILES string of the molecule is O=C(O)c1csc(N(CC2CCCCC2)S(=O)(=O)O)n1. The topological polar surface area (TPSA) is 108 Å². The number of hydrogen-bond acceptors (Lipinski definition) is 5. The summed E-state index contributed by atoms with van der Waals surface area (Å²) in [7, 11) is -4.44. The van der Waals surface area contributed by atoms with Gasteiger partial charge in [-0.05, 0) is 18.8 Å². The van der Waals surface area contributed by atoms with Crippen LogP contribution in [0.1, 0.15) is 42.6 Å². The molecule has 1 aromatic rings. The van der Waals surface area contributed by atoms with E-state index in [1.165, 1.54) is 5.38 Å². The van der Waals surface area contributed by atoms with Crippen molar-refractivity contribution in [2.45, 2.75) is 32.1 Å². The molecular formula is C11H16N2O5S2. The first kappa shape index (κ1) is 15.2. The number of carbonyl (C=O) groups is 1. The number of nitrogens with zero attached hydrogens (tertiary/aromatic N) is 2. The summed E-state index contributed by atoms with van der Waals surface area (Å²) in [6.07, 6.45) is 5.04. The number of thiazole rings is 1. The lowest BCUT2D eigenvalue weighted by Crippen LogP contribution is -2.35. The smallest absolute Gasteiger partial charge is 0.361 e. The summed E-state index contributed by atoms with van der Waals surface area (Å²) in [5, 5.41) is 10.1. The first-order chi connectivity index (χ1) is 9.38. The van der Waals surface area contributed by atoms with Gasteiger partial charge in [-0.1, -0.05) is 19.3 Å². The first-order valence-electron chi connectivity index (χ1n) is 6.32. The Hall–Kier alpha value is -1.19. The largest absolute Gasteiger partial charge is 0.476 e. The van der Waals surface area contributed by atoms with Crippen molar-refractivity contribution in [3.8, 4) is 0 Å². The molecule has 0 spiro atoms. The van der Waals surface area contributed by atoms with Crippen molar-refractivity contribution in [2.24, 2.45) is 5.92 Å². The molecule has 1 aliphatic carbocycles.